The first-order valence-electron chi connectivity index (χ1n) is 3.89. The van der Waals surface area contributed by atoms with Crippen LogP contribution >= 0.6 is 0 Å². The van der Waals surface area contributed by atoms with Gasteiger partial charge in [0.05, 0.1) is 17.3 Å². The third-order valence-corrected chi connectivity index (χ3v) is 1.81. The van der Waals surface area contributed by atoms with Gasteiger partial charge in [0.25, 0.3) is 0 Å². The Labute approximate surface area is 72.0 Å². The second-order valence-electron chi connectivity index (χ2n) is 3.55. The third-order valence-electron chi connectivity index (χ3n) is 1.81. The van der Waals surface area contributed by atoms with Crippen molar-refractivity contribution in [3.05, 3.63) is 18.0 Å². The monoisotopic (exact) mass is 169 g/mol. The van der Waals surface area contributed by atoms with Crippen molar-refractivity contribution < 1.29 is 5.11 Å². The molecule has 1 rings (SSSR count). The molecule has 0 fully saturated rings. The molecule has 0 saturated heterocycles. The predicted octanol–water partition coefficient (Wildman–Crippen LogP) is 0.191. The highest BCUT2D eigenvalue weighted by Gasteiger charge is 2.26. The minimum absolute atomic E-state index is 0.432. The molecule has 0 aliphatic carbocycles. The van der Waals surface area contributed by atoms with E-state index in [1.54, 1.807) is 24.7 Å². The second kappa shape index (κ2) is 2.88. The number of hydrogen-bond donors (Lipinski definition) is 2. The van der Waals surface area contributed by atoms with E-state index in [1.165, 1.54) is 0 Å². The van der Waals surface area contributed by atoms with Gasteiger partial charge in [-0.05, 0) is 19.9 Å². The Morgan fingerprint density at radius 1 is 1.67 bits per heavy atom. The van der Waals surface area contributed by atoms with Gasteiger partial charge in [-0.25, -0.2) is 0 Å². The van der Waals surface area contributed by atoms with Crippen LogP contribution in [0.15, 0.2) is 12.3 Å². The summed E-state index contributed by atoms with van der Waals surface area (Å²) in [4.78, 5) is 0. The van der Waals surface area contributed by atoms with E-state index in [0.29, 0.717) is 5.69 Å². The Bertz CT molecular complexity index is 262. The minimum atomic E-state index is -0.922. The molecule has 12 heavy (non-hydrogen) atoms. The largest absolute Gasteiger partial charge is 0.388 e. The quantitative estimate of drug-likeness (QED) is 0.664. The zero-order valence-corrected chi connectivity index (χ0v) is 7.65. The summed E-state index contributed by atoms with van der Waals surface area (Å²) < 4.78 is 1.67. The van der Waals surface area contributed by atoms with Crippen LogP contribution in [0, 0.1) is 0 Å². The van der Waals surface area contributed by atoms with Crippen molar-refractivity contribution in [2.45, 2.75) is 25.5 Å². The van der Waals surface area contributed by atoms with Crippen LogP contribution in [0.1, 0.15) is 25.6 Å². The first-order chi connectivity index (χ1) is 5.41. The fourth-order valence-electron chi connectivity index (χ4n) is 0.961. The molecule has 0 bridgehead atoms. The fourth-order valence-corrected chi connectivity index (χ4v) is 0.961. The van der Waals surface area contributed by atoms with E-state index in [2.05, 4.69) is 5.10 Å². The van der Waals surface area contributed by atoms with Gasteiger partial charge in [-0.2, -0.15) is 5.10 Å². The Morgan fingerprint density at radius 3 is 2.58 bits per heavy atom. The summed E-state index contributed by atoms with van der Waals surface area (Å²) in [5.74, 6) is 0. The smallest absolute Gasteiger partial charge is 0.0820 e. The van der Waals surface area contributed by atoms with Gasteiger partial charge in [-0.1, -0.05) is 0 Å². The first-order valence-corrected chi connectivity index (χ1v) is 3.89. The molecule has 0 radical (unpaired) electrons. The molecule has 1 atom stereocenters. The van der Waals surface area contributed by atoms with Gasteiger partial charge in [0.15, 0.2) is 0 Å². The van der Waals surface area contributed by atoms with Gasteiger partial charge in [0.2, 0.25) is 0 Å². The lowest BCUT2D eigenvalue weighted by Gasteiger charge is -2.23. The van der Waals surface area contributed by atoms with E-state index in [-0.39, 0.29) is 0 Å². The minimum Gasteiger partial charge on any atom is -0.388 e. The molecular weight excluding hydrogens is 154 g/mol. The topological polar surface area (TPSA) is 64.1 Å². The van der Waals surface area contributed by atoms with Crippen LogP contribution in [0.5, 0.6) is 0 Å². The predicted molar refractivity (Wildman–Crippen MR) is 46.4 cm³/mol. The zero-order chi connectivity index (χ0) is 9.35. The SMILES string of the molecule is Cn1ccc(C(N)C(C)(C)O)n1. The molecule has 0 aliphatic heterocycles. The van der Waals surface area contributed by atoms with Gasteiger partial charge in [-0.15, -0.1) is 0 Å². The average Bonchev–Trinajstić information content (AvgIpc) is 2.32. The van der Waals surface area contributed by atoms with Crippen LogP contribution in [0.25, 0.3) is 0 Å². The lowest BCUT2D eigenvalue weighted by atomic mass is 9.97. The number of rotatable bonds is 2. The van der Waals surface area contributed by atoms with Crippen LogP contribution in [0.2, 0.25) is 0 Å². The van der Waals surface area contributed by atoms with Crippen molar-refractivity contribution in [2.75, 3.05) is 0 Å². The molecule has 0 saturated carbocycles. The lowest BCUT2D eigenvalue weighted by Crippen LogP contribution is -2.35. The Balaban J connectivity index is 2.85. The van der Waals surface area contributed by atoms with Crippen LogP contribution in [0.4, 0.5) is 0 Å². The fraction of sp³-hybridized carbons (Fsp3) is 0.625. The van der Waals surface area contributed by atoms with E-state index in [4.69, 9.17) is 5.73 Å². The number of hydrogen-bond acceptors (Lipinski definition) is 3. The summed E-state index contributed by atoms with van der Waals surface area (Å²) in [6.45, 7) is 3.35. The van der Waals surface area contributed by atoms with Crippen LogP contribution < -0.4 is 5.73 Å². The van der Waals surface area contributed by atoms with E-state index in [0.717, 1.165) is 0 Å². The molecule has 1 unspecified atom stereocenters. The number of aliphatic hydroxyl groups is 1. The molecule has 1 aromatic rings. The molecule has 1 heterocycles. The summed E-state index contributed by atoms with van der Waals surface area (Å²) in [7, 11) is 1.82. The maximum Gasteiger partial charge on any atom is 0.0820 e. The van der Waals surface area contributed by atoms with Crippen LogP contribution in [0.3, 0.4) is 0 Å². The molecule has 0 amide bonds. The maximum atomic E-state index is 9.57. The van der Waals surface area contributed by atoms with Crippen molar-refractivity contribution in [1.82, 2.24) is 9.78 Å². The normalized spacial score (nSPS) is 14.8. The summed E-state index contributed by atoms with van der Waals surface area (Å²) in [5, 5.41) is 13.7. The summed E-state index contributed by atoms with van der Waals surface area (Å²) >= 11 is 0. The highest BCUT2D eigenvalue weighted by molar-refractivity contribution is 5.08. The summed E-state index contributed by atoms with van der Waals surface area (Å²) in [6, 6.07) is 1.38. The average molecular weight is 169 g/mol. The highest BCUT2D eigenvalue weighted by atomic mass is 16.3. The summed E-state index contributed by atoms with van der Waals surface area (Å²) in [6.07, 6.45) is 1.81. The van der Waals surface area contributed by atoms with Crippen molar-refractivity contribution in [3.8, 4) is 0 Å². The Morgan fingerprint density at radius 2 is 2.25 bits per heavy atom. The number of aromatic nitrogens is 2. The third kappa shape index (κ3) is 1.84. The molecular formula is C8H15N3O. The van der Waals surface area contributed by atoms with E-state index in [9.17, 15) is 5.11 Å². The standard InChI is InChI=1S/C8H15N3O/c1-8(2,12)7(9)6-4-5-11(3)10-6/h4-5,7,12H,9H2,1-3H3. The molecule has 0 aromatic carbocycles. The van der Waals surface area contributed by atoms with Crippen molar-refractivity contribution in [2.24, 2.45) is 12.8 Å². The van der Waals surface area contributed by atoms with Gasteiger partial charge in [-0.3, -0.25) is 4.68 Å². The highest BCUT2D eigenvalue weighted by Crippen LogP contribution is 2.20. The molecule has 4 heteroatoms. The van der Waals surface area contributed by atoms with E-state index < -0.39 is 11.6 Å². The molecule has 4 nitrogen and oxygen atoms in total. The van der Waals surface area contributed by atoms with Gasteiger partial charge in [0, 0.05) is 13.2 Å². The molecule has 0 aliphatic rings. The zero-order valence-electron chi connectivity index (χ0n) is 7.65. The van der Waals surface area contributed by atoms with Crippen LogP contribution in [-0.4, -0.2) is 20.5 Å². The molecule has 3 N–H and O–H groups in total. The lowest BCUT2D eigenvalue weighted by molar-refractivity contribution is 0.0501. The van der Waals surface area contributed by atoms with Crippen molar-refractivity contribution in [3.63, 3.8) is 0 Å². The second-order valence-corrected chi connectivity index (χ2v) is 3.55. The van der Waals surface area contributed by atoms with Crippen LogP contribution in [-0.2, 0) is 7.05 Å². The Hall–Kier alpha value is -0.870. The van der Waals surface area contributed by atoms with Gasteiger partial charge >= 0.3 is 0 Å². The van der Waals surface area contributed by atoms with Crippen molar-refractivity contribution >= 4 is 0 Å². The number of nitrogens with zero attached hydrogens (tertiary/aromatic N) is 2. The van der Waals surface area contributed by atoms with Crippen molar-refractivity contribution in [1.29, 1.82) is 0 Å². The molecule has 0 spiro atoms. The van der Waals surface area contributed by atoms with Gasteiger partial charge in [0.1, 0.15) is 0 Å². The molecule has 68 valence electrons. The van der Waals surface area contributed by atoms with Gasteiger partial charge < -0.3 is 10.8 Å². The molecule has 1 aromatic heterocycles. The first kappa shape index (κ1) is 9.22. The summed E-state index contributed by atoms with van der Waals surface area (Å²) in [5.41, 5.74) is 5.55. The van der Waals surface area contributed by atoms with E-state index in [1.807, 2.05) is 13.1 Å². The number of nitrogens with two attached hydrogens (primary N) is 1. The number of aryl methyl sites for hydroxylation is 1. The maximum absolute atomic E-state index is 9.57. The Kier molecular flexibility index (Phi) is 2.21. The van der Waals surface area contributed by atoms with E-state index >= 15 is 0 Å².